The topological polar surface area (TPSA) is 36.9 Å². The van der Waals surface area contributed by atoms with Gasteiger partial charge >= 0.3 is 0 Å². The number of alkyl halides is 2. The lowest BCUT2D eigenvalue weighted by molar-refractivity contribution is -0.0897. The van der Waals surface area contributed by atoms with Crippen LogP contribution in [0.25, 0.3) is 0 Å². The summed E-state index contributed by atoms with van der Waals surface area (Å²) in [5.41, 5.74) is 0. The van der Waals surface area contributed by atoms with Crippen molar-refractivity contribution in [3.63, 3.8) is 0 Å². The van der Waals surface area contributed by atoms with Gasteiger partial charge in [-0.05, 0) is 0 Å². The van der Waals surface area contributed by atoms with E-state index in [1.165, 1.54) is 0 Å². The van der Waals surface area contributed by atoms with Crippen LogP contribution in [0.5, 0.6) is 0 Å². The van der Waals surface area contributed by atoms with Crippen molar-refractivity contribution in [2.75, 3.05) is 25.0 Å². The molecule has 0 bridgehead atoms. The minimum atomic E-state index is -0.319. The van der Waals surface area contributed by atoms with E-state index in [9.17, 15) is 0 Å². The molecule has 0 saturated carbocycles. The molecule has 14 heavy (non-hydrogen) atoms. The van der Waals surface area contributed by atoms with E-state index in [1.54, 1.807) is 0 Å². The lowest BCUT2D eigenvalue weighted by Gasteiger charge is -2.15. The van der Waals surface area contributed by atoms with Crippen molar-refractivity contribution in [1.82, 2.24) is 0 Å². The van der Waals surface area contributed by atoms with E-state index in [2.05, 4.69) is 0 Å². The van der Waals surface area contributed by atoms with Crippen LogP contribution in [0.15, 0.2) is 0 Å². The quantitative estimate of drug-likeness (QED) is 0.691. The normalized spacial score (nSPS) is 43.3. The minimum Gasteiger partial charge on any atom is -0.349 e. The summed E-state index contributed by atoms with van der Waals surface area (Å²) < 4.78 is 21.5. The van der Waals surface area contributed by atoms with E-state index in [-0.39, 0.29) is 24.8 Å². The Kier molecular flexibility index (Phi) is 3.87. The highest BCUT2D eigenvalue weighted by Gasteiger charge is 2.38. The lowest BCUT2D eigenvalue weighted by atomic mass is 10.2. The van der Waals surface area contributed by atoms with Crippen molar-refractivity contribution < 1.29 is 18.9 Å². The molecule has 0 N–H and O–H groups in total. The van der Waals surface area contributed by atoms with Gasteiger partial charge in [0.25, 0.3) is 0 Å². The zero-order chi connectivity index (χ0) is 9.97. The molecule has 0 amide bonds. The van der Waals surface area contributed by atoms with Crippen molar-refractivity contribution in [3.05, 3.63) is 0 Å². The number of rotatable bonds is 3. The van der Waals surface area contributed by atoms with Crippen LogP contribution in [0.4, 0.5) is 0 Å². The molecular weight excluding hydrogens is 231 g/mol. The Morgan fingerprint density at radius 3 is 1.57 bits per heavy atom. The van der Waals surface area contributed by atoms with Crippen molar-refractivity contribution in [2.24, 2.45) is 0 Å². The largest absolute Gasteiger partial charge is 0.349 e. The summed E-state index contributed by atoms with van der Waals surface area (Å²) in [4.78, 5) is 0. The first kappa shape index (κ1) is 10.9. The second-order valence-electron chi connectivity index (χ2n) is 3.18. The van der Waals surface area contributed by atoms with Gasteiger partial charge in [0.05, 0.1) is 25.0 Å². The summed E-state index contributed by atoms with van der Waals surface area (Å²) in [6.45, 7) is 1.00. The molecule has 2 heterocycles. The van der Waals surface area contributed by atoms with Gasteiger partial charge in [-0.15, -0.1) is 23.2 Å². The summed E-state index contributed by atoms with van der Waals surface area (Å²) in [6.07, 6.45) is -0.820. The van der Waals surface area contributed by atoms with E-state index < -0.39 is 0 Å². The van der Waals surface area contributed by atoms with Crippen LogP contribution >= 0.6 is 23.2 Å². The molecule has 0 aromatic carbocycles. The Bertz CT molecular complexity index is 172. The minimum absolute atomic E-state index is 0.0908. The van der Waals surface area contributed by atoms with E-state index in [0.29, 0.717) is 25.0 Å². The molecule has 2 aliphatic heterocycles. The third-order valence-corrected chi connectivity index (χ3v) is 2.72. The number of hydrogen-bond donors (Lipinski definition) is 0. The van der Waals surface area contributed by atoms with Gasteiger partial charge in [-0.1, -0.05) is 0 Å². The molecule has 4 atom stereocenters. The monoisotopic (exact) mass is 242 g/mol. The molecule has 0 aliphatic carbocycles. The van der Waals surface area contributed by atoms with E-state index in [1.807, 2.05) is 0 Å². The first-order valence-electron chi connectivity index (χ1n) is 4.49. The summed E-state index contributed by atoms with van der Waals surface area (Å²) in [5, 5.41) is 0. The maximum Gasteiger partial charge on any atom is 0.171 e. The molecule has 4 nitrogen and oxygen atoms in total. The van der Waals surface area contributed by atoms with Gasteiger partial charge in [-0.2, -0.15) is 0 Å². The highest BCUT2D eigenvalue weighted by atomic mass is 35.5. The van der Waals surface area contributed by atoms with E-state index >= 15 is 0 Å². The van der Waals surface area contributed by atoms with E-state index in [4.69, 9.17) is 42.1 Å². The highest BCUT2D eigenvalue weighted by Crippen LogP contribution is 2.23. The Morgan fingerprint density at radius 1 is 0.857 bits per heavy atom. The molecule has 6 heteroatoms. The van der Waals surface area contributed by atoms with Crippen LogP contribution in [0, 0.1) is 0 Å². The number of hydrogen-bond acceptors (Lipinski definition) is 4. The van der Waals surface area contributed by atoms with Crippen molar-refractivity contribution >= 4 is 23.2 Å². The summed E-state index contributed by atoms with van der Waals surface area (Å²) in [7, 11) is 0. The maximum atomic E-state index is 5.59. The van der Waals surface area contributed by atoms with Crippen LogP contribution in [-0.4, -0.2) is 49.8 Å². The third-order valence-electron chi connectivity index (χ3n) is 2.21. The second kappa shape index (κ2) is 4.96. The fraction of sp³-hybridized carbons (Fsp3) is 1.00. The fourth-order valence-electron chi connectivity index (χ4n) is 1.50. The molecule has 2 saturated heterocycles. The third kappa shape index (κ3) is 2.32. The lowest BCUT2D eigenvalue weighted by Crippen LogP contribution is -2.31. The van der Waals surface area contributed by atoms with Gasteiger partial charge in [0.15, 0.2) is 12.6 Å². The second-order valence-corrected chi connectivity index (χ2v) is 3.80. The van der Waals surface area contributed by atoms with Gasteiger partial charge in [0.1, 0.15) is 12.2 Å². The molecule has 2 fully saturated rings. The Labute approximate surface area is 92.3 Å². The maximum absolute atomic E-state index is 5.59. The van der Waals surface area contributed by atoms with Crippen molar-refractivity contribution in [1.29, 1.82) is 0 Å². The van der Waals surface area contributed by atoms with Gasteiger partial charge in [-0.3, -0.25) is 0 Å². The molecule has 82 valence electrons. The molecule has 2 aliphatic rings. The molecule has 0 aromatic rings. The molecule has 0 aromatic heterocycles. The van der Waals surface area contributed by atoms with Crippen LogP contribution in [0.2, 0.25) is 0 Å². The Hall–Kier alpha value is 0.420. The van der Waals surface area contributed by atoms with Gasteiger partial charge in [-0.25, -0.2) is 0 Å². The first-order valence-corrected chi connectivity index (χ1v) is 5.56. The molecule has 0 unspecified atom stereocenters. The standard InChI is InChI=1S/C8H12Cl2O4/c9-1-7-11-3-5(13-7)6-4-12-8(2-10)14-6/h5-8H,1-4H2/t5-,6-,7-,8-/m1/s1. The van der Waals surface area contributed by atoms with Gasteiger partial charge in [0.2, 0.25) is 0 Å². The van der Waals surface area contributed by atoms with Crippen molar-refractivity contribution in [3.8, 4) is 0 Å². The van der Waals surface area contributed by atoms with E-state index in [0.717, 1.165) is 0 Å². The van der Waals surface area contributed by atoms with Crippen molar-refractivity contribution in [2.45, 2.75) is 24.8 Å². The molecular formula is C8H12Cl2O4. The van der Waals surface area contributed by atoms with Gasteiger partial charge in [0, 0.05) is 0 Å². The zero-order valence-electron chi connectivity index (χ0n) is 7.53. The van der Waals surface area contributed by atoms with Crippen LogP contribution in [-0.2, 0) is 18.9 Å². The average Bonchev–Trinajstić information content (AvgIpc) is 2.86. The highest BCUT2D eigenvalue weighted by molar-refractivity contribution is 6.18. The first-order chi connectivity index (χ1) is 6.83. The van der Waals surface area contributed by atoms with Crippen LogP contribution in [0.1, 0.15) is 0 Å². The molecule has 0 spiro atoms. The smallest absolute Gasteiger partial charge is 0.171 e. The van der Waals surface area contributed by atoms with Crippen LogP contribution < -0.4 is 0 Å². The van der Waals surface area contributed by atoms with Crippen LogP contribution in [0.3, 0.4) is 0 Å². The molecule has 2 rings (SSSR count). The zero-order valence-corrected chi connectivity index (χ0v) is 9.04. The number of ether oxygens (including phenoxy) is 4. The SMILES string of the molecule is ClC[C@@H]1OC[C@H]([C@H]2CO[C@@H](CCl)O2)O1. The predicted molar refractivity (Wildman–Crippen MR) is 50.7 cm³/mol. The molecule has 0 radical (unpaired) electrons. The summed E-state index contributed by atoms with van der Waals surface area (Å²) in [5.74, 6) is 0.673. The number of halogens is 2. The summed E-state index contributed by atoms with van der Waals surface area (Å²) >= 11 is 11.2. The Morgan fingerprint density at radius 2 is 1.29 bits per heavy atom. The van der Waals surface area contributed by atoms with Gasteiger partial charge < -0.3 is 18.9 Å². The summed E-state index contributed by atoms with van der Waals surface area (Å²) in [6, 6.07) is 0. The average molecular weight is 243 g/mol. The predicted octanol–water partition coefficient (Wildman–Crippen LogP) is 0.947. The fourth-order valence-corrected chi connectivity index (χ4v) is 1.83. The Balaban J connectivity index is 1.80.